The molecule has 0 unspecified atom stereocenters. The first-order valence-electron chi connectivity index (χ1n) is 7.76. The number of non-ortho nitro benzene ring substituents is 1. The Kier molecular flexibility index (Phi) is 5.97. The van der Waals surface area contributed by atoms with Gasteiger partial charge in [0.25, 0.3) is 5.69 Å². The van der Waals surface area contributed by atoms with Gasteiger partial charge in [0.05, 0.1) is 12.0 Å². The lowest BCUT2D eigenvalue weighted by Gasteiger charge is -2.25. The lowest BCUT2D eigenvalue weighted by atomic mass is 10.1. The third-order valence-electron chi connectivity index (χ3n) is 3.74. The molecule has 0 radical (unpaired) electrons. The normalized spacial score (nSPS) is 10.3. The Hall–Kier alpha value is -2.56. The number of anilines is 1. The molecule has 0 aliphatic carbocycles. The molecule has 0 saturated heterocycles. The summed E-state index contributed by atoms with van der Waals surface area (Å²) in [7, 11) is 1.65. The van der Waals surface area contributed by atoms with Crippen molar-refractivity contribution in [1.29, 1.82) is 0 Å². The molecule has 23 heavy (non-hydrogen) atoms. The summed E-state index contributed by atoms with van der Waals surface area (Å²) < 4.78 is 5.20. The summed E-state index contributed by atoms with van der Waals surface area (Å²) in [6.07, 6.45) is 2.21. The largest absolute Gasteiger partial charge is 0.497 e. The highest BCUT2D eigenvalue weighted by molar-refractivity contribution is 5.50. The topological polar surface area (TPSA) is 55.6 Å². The number of ether oxygens (including phenoxy) is 1. The molecule has 0 fully saturated rings. The van der Waals surface area contributed by atoms with Gasteiger partial charge < -0.3 is 9.64 Å². The molecule has 0 heterocycles. The van der Waals surface area contributed by atoms with Crippen LogP contribution in [-0.4, -0.2) is 18.6 Å². The minimum atomic E-state index is -0.373. The Labute approximate surface area is 136 Å². The van der Waals surface area contributed by atoms with Crippen LogP contribution < -0.4 is 9.64 Å². The number of rotatable bonds is 8. The molecule has 2 rings (SSSR count). The number of benzene rings is 2. The highest BCUT2D eigenvalue weighted by Crippen LogP contribution is 2.22. The van der Waals surface area contributed by atoms with Crippen molar-refractivity contribution in [3.8, 4) is 5.75 Å². The first kappa shape index (κ1) is 16.8. The Morgan fingerprint density at radius 2 is 1.74 bits per heavy atom. The van der Waals surface area contributed by atoms with Crippen LogP contribution >= 0.6 is 0 Å². The SMILES string of the molecule is CCCCN(Cc1ccc([N+](=O)[O-])cc1)c1ccc(OC)cc1. The molecule has 0 bridgehead atoms. The van der Waals surface area contributed by atoms with Crippen molar-refractivity contribution in [3.63, 3.8) is 0 Å². The zero-order valence-corrected chi connectivity index (χ0v) is 13.6. The highest BCUT2D eigenvalue weighted by Gasteiger charge is 2.09. The zero-order chi connectivity index (χ0) is 16.7. The van der Waals surface area contributed by atoms with Crippen molar-refractivity contribution in [2.45, 2.75) is 26.3 Å². The molecule has 0 aliphatic rings. The van der Waals surface area contributed by atoms with Crippen LogP contribution in [0.2, 0.25) is 0 Å². The second-order valence-electron chi connectivity index (χ2n) is 5.40. The van der Waals surface area contributed by atoms with Crippen molar-refractivity contribution < 1.29 is 9.66 Å². The number of methoxy groups -OCH3 is 1. The maximum Gasteiger partial charge on any atom is 0.269 e. The second kappa shape index (κ2) is 8.17. The van der Waals surface area contributed by atoms with E-state index in [0.29, 0.717) is 0 Å². The van der Waals surface area contributed by atoms with Gasteiger partial charge >= 0.3 is 0 Å². The average Bonchev–Trinajstić information content (AvgIpc) is 2.59. The minimum absolute atomic E-state index is 0.123. The van der Waals surface area contributed by atoms with Gasteiger partial charge in [0, 0.05) is 30.9 Å². The molecule has 2 aromatic rings. The fourth-order valence-electron chi connectivity index (χ4n) is 2.38. The van der Waals surface area contributed by atoms with Crippen molar-refractivity contribution in [3.05, 3.63) is 64.2 Å². The highest BCUT2D eigenvalue weighted by atomic mass is 16.6. The molecule has 5 nitrogen and oxygen atoms in total. The Morgan fingerprint density at radius 1 is 1.09 bits per heavy atom. The molecular formula is C18H22N2O3. The van der Waals surface area contributed by atoms with Crippen molar-refractivity contribution in [1.82, 2.24) is 0 Å². The Morgan fingerprint density at radius 3 is 2.26 bits per heavy atom. The van der Waals surface area contributed by atoms with Crippen molar-refractivity contribution in [2.75, 3.05) is 18.6 Å². The van der Waals surface area contributed by atoms with Gasteiger partial charge in [-0.25, -0.2) is 0 Å². The van der Waals surface area contributed by atoms with Gasteiger partial charge in [0.1, 0.15) is 5.75 Å². The van der Waals surface area contributed by atoms with E-state index in [1.807, 2.05) is 36.4 Å². The summed E-state index contributed by atoms with van der Waals surface area (Å²) in [6.45, 7) is 3.84. The number of nitro groups is 1. The zero-order valence-electron chi connectivity index (χ0n) is 13.6. The molecule has 122 valence electrons. The smallest absolute Gasteiger partial charge is 0.269 e. The van der Waals surface area contributed by atoms with Crippen LogP contribution in [0.1, 0.15) is 25.3 Å². The molecule has 0 atom stereocenters. The fourth-order valence-corrected chi connectivity index (χ4v) is 2.38. The second-order valence-corrected chi connectivity index (χ2v) is 5.40. The lowest BCUT2D eigenvalue weighted by molar-refractivity contribution is -0.384. The molecule has 2 aromatic carbocycles. The summed E-state index contributed by atoms with van der Waals surface area (Å²) in [5, 5.41) is 10.7. The summed E-state index contributed by atoms with van der Waals surface area (Å²) in [6, 6.07) is 14.7. The van der Waals surface area contributed by atoms with E-state index in [9.17, 15) is 10.1 Å². The van der Waals surface area contributed by atoms with Crippen LogP contribution in [-0.2, 0) is 6.54 Å². The van der Waals surface area contributed by atoms with Crippen LogP contribution in [0.3, 0.4) is 0 Å². The first-order chi connectivity index (χ1) is 11.1. The van der Waals surface area contributed by atoms with Crippen molar-refractivity contribution in [2.24, 2.45) is 0 Å². The standard InChI is InChI=1S/C18H22N2O3/c1-3-4-13-19(16-9-11-18(23-2)12-10-16)14-15-5-7-17(8-6-15)20(21)22/h5-12H,3-4,13-14H2,1-2H3. The molecular weight excluding hydrogens is 292 g/mol. The summed E-state index contributed by atoms with van der Waals surface area (Å²) in [5.74, 6) is 0.833. The fraction of sp³-hybridized carbons (Fsp3) is 0.333. The van der Waals surface area contributed by atoms with E-state index in [1.165, 1.54) is 0 Å². The number of hydrogen-bond donors (Lipinski definition) is 0. The van der Waals surface area contributed by atoms with Crippen LogP contribution in [0.5, 0.6) is 5.75 Å². The van der Waals surface area contributed by atoms with Crippen molar-refractivity contribution >= 4 is 11.4 Å². The molecule has 0 aliphatic heterocycles. The summed E-state index contributed by atoms with van der Waals surface area (Å²) in [4.78, 5) is 12.6. The number of nitrogens with zero attached hydrogens (tertiary/aromatic N) is 2. The Balaban J connectivity index is 2.15. The van der Waals surface area contributed by atoms with E-state index in [2.05, 4.69) is 11.8 Å². The number of unbranched alkanes of at least 4 members (excludes halogenated alkanes) is 1. The molecule has 0 N–H and O–H groups in total. The van der Waals surface area contributed by atoms with Gasteiger partial charge in [0.15, 0.2) is 0 Å². The van der Waals surface area contributed by atoms with E-state index in [4.69, 9.17) is 4.74 Å². The maximum atomic E-state index is 10.7. The monoisotopic (exact) mass is 314 g/mol. The first-order valence-corrected chi connectivity index (χ1v) is 7.76. The minimum Gasteiger partial charge on any atom is -0.497 e. The summed E-state index contributed by atoms with van der Waals surface area (Å²) in [5.41, 5.74) is 2.30. The molecule has 0 amide bonds. The van der Waals surface area contributed by atoms with E-state index in [-0.39, 0.29) is 10.6 Å². The van der Waals surface area contributed by atoms with E-state index >= 15 is 0 Å². The van der Waals surface area contributed by atoms with Gasteiger partial charge in [-0.15, -0.1) is 0 Å². The Bertz CT molecular complexity index is 624. The molecule has 0 aromatic heterocycles. The van der Waals surface area contributed by atoms with Gasteiger partial charge in [-0.3, -0.25) is 10.1 Å². The third kappa shape index (κ3) is 4.71. The van der Waals surface area contributed by atoms with Crippen LogP contribution in [0, 0.1) is 10.1 Å². The predicted octanol–water partition coefficient (Wildman–Crippen LogP) is 4.41. The van der Waals surface area contributed by atoms with E-state index < -0.39 is 0 Å². The molecule has 5 heteroatoms. The number of hydrogen-bond acceptors (Lipinski definition) is 4. The quantitative estimate of drug-likeness (QED) is 0.535. The molecule has 0 saturated carbocycles. The predicted molar refractivity (Wildman–Crippen MR) is 92.0 cm³/mol. The van der Waals surface area contributed by atoms with Gasteiger partial charge in [-0.2, -0.15) is 0 Å². The van der Waals surface area contributed by atoms with Crippen LogP contribution in [0.25, 0.3) is 0 Å². The molecule has 0 spiro atoms. The third-order valence-corrected chi connectivity index (χ3v) is 3.74. The van der Waals surface area contributed by atoms with Gasteiger partial charge in [-0.05, 0) is 36.2 Å². The lowest BCUT2D eigenvalue weighted by Crippen LogP contribution is -2.23. The maximum absolute atomic E-state index is 10.7. The van der Waals surface area contributed by atoms with E-state index in [0.717, 1.165) is 42.9 Å². The van der Waals surface area contributed by atoms with Crippen LogP contribution in [0.15, 0.2) is 48.5 Å². The van der Waals surface area contributed by atoms with Gasteiger partial charge in [0.2, 0.25) is 0 Å². The van der Waals surface area contributed by atoms with E-state index in [1.54, 1.807) is 19.2 Å². The average molecular weight is 314 g/mol. The van der Waals surface area contributed by atoms with Gasteiger partial charge in [-0.1, -0.05) is 25.5 Å². The summed E-state index contributed by atoms with van der Waals surface area (Å²) >= 11 is 0. The number of nitro benzene ring substituents is 1. The van der Waals surface area contributed by atoms with Crippen LogP contribution in [0.4, 0.5) is 11.4 Å².